The number of alkyl carbamates (subject to hydrolysis) is 1. The van der Waals surface area contributed by atoms with Gasteiger partial charge in [-0.25, -0.2) is 4.79 Å². The van der Waals surface area contributed by atoms with E-state index in [9.17, 15) is 4.79 Å². The topological polar surface area (TPSA) is 50.4 Å². The Kier molecular flexibility index (Phi) is 7.56. The summed E-state index contributed by atoms with van der Waals surface area (Å²) in [7, 11) is 0. The maximum atomic E-state index is 11.8. The van der Waals surface area contributed by atoms with Crippen LogP contribution in [-0.4, -0.2) is 24.3 Å². The predicted octanol–water partition coefficient (Wildman–Crippen LogP) is 4.09. The van der Waals surface area contributed by atoms with Crippen molar-refractivity contribution in [2.75, 3.05) is 6.54 Å². The van der Waals surface area contributed by atoms with E-state index in [0.717, 1.165) is 19.4 Å². The van der Waals surface area contributed by atoms with Crippen LogP contribution in [0.5, 0.6) is 0 Å². The van der Waals surface area contributed by atoms with Crippen molar-refractivity contribution in [2.24, 2.45) is 0 Å². The van der Waals surface area contributed by atoms with Gasteiger partial charge in [-0.2, -0.15) is 0 Å². The van der Waals surface area contributed by atoms with E-state index in [4.69, 9.17) is 4.74 Å². The molecule has 1 unspecified atom stereocenters. The molecule has 1 aromatic rings. The summed E-state index contributed by atoms with van der Waals surface area (Å²) in [5.41, 5.74) is 3.37. The third-order valence-electron chi connectivity index (χ3n) is 3.41. The lowest BCUT2D eigenvalue weighted by molar-refractivity contribution is 0.0521. The first kappa shape index (κ1) is 19.5. The van der Waals surface area contributed by atoms with Gasteiger partial charge in [0.2, 0.25) is 0 Å². The van der Waals surface area contributed by atoms with E-state index in [1.54, 1.807) is 0 Å². The zero-order valence-corrected chi connectivity index (χ0v) is 15.5. The molecule has 1 aromatic carbocycles. The molecule has 0 heterocycles. The van der Waals surface area contributed by atoms with Crippen LogP contribution < -0.4 is 10.6 Å². The normalized spacial score (nSPS) is 12.8. The maximum absolute atomic E-state index is 11.8. The Bertz CT molecular complexity index is 486. The fourth-order valence-corrected chi connectivity index (χ4v) is 2.58. The molecule has 4 nitrogen and oxygen atoms in total. The zero-order chi connectivity index (χ0) is 17.5. The molecule has 0 fully saturated rings. The van der Waals surface area contributed by atoms with Crippen LogP contribution >= 0.6 is 0 Å². The highest BCUT2D eigenvalue weighted by molar-refractivity contribution is 5.67. The minimum absolute atomic E-state index is 0.244. The van der Waals surface area contributed by atoms with Crippen LogP contribution in [0.25, 0.3) is 0 Å². The van der Waals surface area contributed by atoms with Crippen LogP contribution in [0.1, 0.15) is 57.2 Å². The molecule has 130 valence electrons. The molecule has 1 atom stereocenters. The molecule has 4 heteroatoms. The smallest absolute Gasteiger partial charge is 0.407 e. The van der Waals surface area contributed by atoms with E-state index >= 15 is 0 Å². The lowest BCUT2D eigenvalue weighted by Crippen LogP contribution is -2.42. The number of amides is 1. The Balaban J connectivity index is 2.50. The summed E-state index contributed by atoms with van der Waals surface area (Å²) in [4.78, 5) is 11.8. The van der Waals surface area contributed by atoms with Crippen molar-refractivity contribution < 1.29 is 9.53 Å². The summed E-state index contributed by atoms with van der Waals surface area (Å²) >= 11 is 0. The molecule has 0 aromatic heterocycles. The second-order valence-electron chi connectivity index (χ2n) is 7.25. The van der Waals surface area contributed by atoms with E-state index < -0.39 is 5.60 Å². The van der Waals surface area contributed by atoms with E-state index in [-0.39, 0.29) is 12.1 Å². The molecule has 0 radical (unpaired) electrons. The van der Waals surface area contributed by atoms with Crippen molar-refractivity contribution in [1.29, 1.82) is 0 Å². The van der Waals surface area contributed by atoms with Crippen molar-refractivity contribution in [3.05, 3.63) is 34.9 Å². The fraction of sp³-hybridized carbons (Fsp3) is 0.632. The van der Waals surface area contributed by atoms with Crippen LogP contribution in [0.4, 0.5) is 4.79 Å². The number of carbonyl (C=O) groups excluding carboxylic acids is 1. The molecule has 0 aliphatic carbocycles. The Labute approximate surface area is 141 Å². The summed E-state index contributed by atoms with van der Waals surface area (Å²) in [6, 6.07) is 6.82. The third kappa shape index (κ3) is 8.60. The number of benzene rings is 1. The van der Waals surface area contributed by atoms with Gasteiger partial charge < -0.3 is 15.4 Å². The molecule has 0 bridgehead atoms. The predicted molar refractivity (Wildman–Crippen MR) is 95.7 cm³/mol. The highest BCUT2D eigenvalue weighted by Gasteiger charge is 2.17. The van der Waals surface area contributed by atoms with Gasteiger partial charge in [-0.3, -0.25) is 0 Å². The van der Waals surface area contributed by atoms with Crippen molar-refractivity contribution in [3.8, 4) is 0 Å². The van der Waals surface area contributed by atoms with Crippen molar-refractivity contribution in [1.82, 2.24) is 10.6 Å². The van der Waals surface area contributed by atoms with E-state index in [1.807, 2.05) is 20.8 Å². The SMILES string of the molecule is CCCC(CNC(=O)OC(C)(C)C)NCc1cc(C)cc(C)c1. The molecule has 0 aliphatic heterocycles. The van der Waals surface area contributed by atoms with E-state index in [1.165, 1.54) is 16.7 Å². The second-order valence-corrected chi connectivity index (χ2v) is 7.25. The van der Waals surface area contributed by atoms with Gasteiger partial charge in [-0.05, 0) is 46.6 Å². The number of rotatable bonds is 7. The highest BCUT2D eigenvalue weighted by atomic mass is 16.6. The van der Waals surface area contributed by atoms with Crippen molar-refractivity contribution in [2.45, 2.75) is 72.6 Å². The molecule has 23 heavy (non-hydrogen) atoms. The first-order valence-electron chi connectivity index (χ1n) is 8.47. The van der Waals surface area contributed by atoms with Crippen molar-refractivity contribution in [3.63, 3.8) is 0 Å². The first-order valence-corrected chi connectivity index (χ1v) is 8.47. The fourth-order valence-electron chi connectivity index (χ4n) is 2.58. The quantitative estimate of drug-likeness (QED) is 0.795. The van der Waals surface area contributed by atoms with Crippen molar-refractivity contribution >= 4 is 6.09 Å². The highest BCUT2D eigenvalue weighted by Crippen LogP contribution is 2.10. The summed E-state index contributed by atoms with van der Waals surface area (Å²) in [5, 5.41) is 6.40. The summed E-state index contributed by atoms with van der Waals surface area (Å²) < 4.78 is 5.28. The molecule has 0 spiro atoms. The average molecular weight is 320 g/mol. The minimum Gasteiger partial charge on any atom is -0.444 e. The second kappa shape index (κ2) is 8.92. The van der Waals surface area contributed by atoms with Gasteiger partial charge in [-0.15, -0.1) is 0 Å². The number of ether oxygens (including phenoxy) is 1. The molecule has 0 saturated carbocycles. The van der Waals surface area contributed by atoms with Gasteiger partial charge in [0.25, 0.3) is 0 Å². The number of hydrogen-bond donors (Lipinski definition) is 2. The molecular weight excluding hydrogens is 288 g/mol. The van der Waals surface area contributed by atoms with Crippen LogP contribution in [-0.2, 0) is 11.3 Å². The molecule has 0 aliphatic rings. The maximum Gasteiger partial charge on any atom is 0.407 e. The Morgan fingerprint density at radius 3 is 2.30 bits per heavy atom. The van der Waals surface area contributed by atoms with Gasteiger partial charge in [0, 0.05) is 19.1 Å². The molecular formula is C19H32N2O2. The largest absolute Gasteiger partial charge is 0.444 e. The van der Waals surface area contributed by atoms with E-state index in [0.29, 0.717) is 6.54 Å². The van der Waals surface area contributed by atoms with Gasteiger partial charge in [-0.1, -0.05) is 42.7 Å². The Morgan fingerprint density at radius 1 is 1.17 bits per heavy atom. The Morgan fingerprint density at radius 2 is 1.78 bits per heavy atom. The monoisotopic (exact) mass is 320 g/mol. The van der Waals surface area contributed by atoms with Gasteiger partial charge in [0.05, 0.1) is 0 Å². The molecule has 0 saturated heterocycles. The number of hydrogen-bond acceptors (Lipinski definition) is 3. The summed E-state index contributed by atoms with van der Waals surface area (Å²) in [6.45, 7) is 13.4. The van der Waals surface area contributed by atoms with E-state index in [2.05, 4.69) is 49.6 Å². The average Bonchev–Trinajstić information content (AvgIpc) is 2.39. The molecule has 1 rings (SSSR count). The zero-order valence-electron chi connectivity index (χ0n) is 15.5. The van der Waals surface area contributed by atoms with Gasteiger partial charge in [0.15, 0.2) is 0 Å². The Hall–Kier alpha value is -1.55. The molecule has 1 amide bonds. The first-order chi connectivity index (χ1) is 10.7. The van der Waals surface area contributed by atoms with Gasteiger partial charge in [0.1, 0.15) is 5.60 Å². The van der Waals surface area contributed by atoms with Crippen LogP contribution in [0, 0.1) is 13.8 Å². The summed E-state index contributed by atoms with van der Waals surface area (Å²) in [6.07, 6.45) is 1.73. The van der Waals surface area contributed by atoms with Gasteiger partial charge >= 0.3 is 6.09 Å². The minimum atomic E-state index is -0.461. The molecule has 2 N–H and O–H groups in total. The van der Waals surface area contributed by atoms with Crippen LogP contribution in [0.15, 0.2) is 18.2 Å². The number of nitrogens with one attached hydrogen (secondary N) is 2. The third-order valence-corrected chi connectivity index (χ3v) is 3.41. The lowest BCUT2D eigenvalue weighted by atomic mass is 10.1. The van der Waals surface area contributed by atoms with Crippen LogP contribution in [0.2, 0.25) is 0 Å². The standard InChI is InChI=1S/C19H32N2O2/c1-7-8-17(13-21-18(22)23-19(4,5)6)20-12-16-10-14(2)9-15(3)11-16/h9-11,17,20H,7-8,12-13H2,1-6H3,(H,21,22). The van der Waals surface area contributed by atoms with Crippen LogP contribution in [0.3, 0.4) is 0 Å². The number of aryl methyl sites for hydroxylation is 2. The lowest BCUT2D eigenvalue weighted by Gasteiger charge is -2.22. The summed E-state index contributed by atoms with van der Waals surface area (Å²) in [5.74, 6) is 0. The number of carbonyl (C=O) groups is 1.